The van der Waals surface area contributed by atoms with E-state index in [9.17, 15) is 0 Å². The quantitative estimate of drug-likeness (QED) is 0.540. The Balaban J connectivity index is 4.50. The van der Waals surface area contributed by atoms with Crippen LogP contribution in [0.3, 0.4) is 0 Å². The minimum Gasteiger partial charge on any atom is -0.287 e. The van der Waals surface area contributed by atoms with Crippen molar-refractivity contribution in [3.05, 3.63) is 11.1 Å². The molecule has 1 nitrogen and oxygen atoms in total. The van der Waals surface area contributed by atoms with Crippen molar-refractivity contribution in [3.63, 3.8) is 0 Å². The minimum atomic E-state index is 0.407. The van der Waals surface area contributed by atoms with Gasteiger partial charge in [-0.15, -0.1) is 0 Å². The van der Waals surface area contributed by atoms with E-state index in [1.807, 2.05) is 0 Å². The Morgan fingerprint density at radius 1 is 1.00 bits per heavy atom. The molecule has 0 aliphatic carbocycles. The summed E-state index contributed by atoms with van der Waals surface area (Å²) in [5, 5.41) is 0. The monoisotopic (exact) mass is 153 g/mol. The second kappa shape index (κ2) is 4.32. The van der Waals surface area contributed by atoms with Crippen molar-refractivity contribution in [1.82, 2.24) is 0 Å². The van der Waals surface area contributed by atoms with Gasteiger partial charge < -0.3 is 0 Å². The lowest BCUT2D eigenvalue weighted by atomic mass is 10.1. The molecule has 11 heavy (non-hydrogen) atoms. The van der Waals surface area contributed by atoms with Gasteiger partial charge in [-0.3, -0.25) is 4.99 Å². The topological polar surface area (TPSA) is 12.4 Å². The molecule has 1 heteroatoms. The van der Waals surface area contributed by atoms with E-state index < -0.39 is 0 Å². The molecule has 0 unspecified atom stereocenters. The summed E-state index contributed by atoms with van der Waals surface area (Å²) in [7, 11) is 0. The zero-order valence-electron chi connectivity index (χ0n) is 8.52. The van der Waals surface area contributed by atoms with Gasteiger partial charge in [0.2, 0.25) is 0 Å². The van der Waals surface area contributed by atoms with Crippen LogP contribution in [0.1, 0.15) is 41.5 Å². The minimum absolute atomic E-state index is 0.407. The predicted molar refractivity (Wildman–Crippen MR) is 52.3 cm³/mol. The molecule has 0 aromatic carbocycles. The lowest BCUT2D eigenvalue weighted by Gasteiger charge is -2.05. The van der Waals surface area contributed by atoms with Crippen molar-refractivity contribution in [1.29, 1.82) is 0 Å². The van der Waals surface area contributed by atoms with Crippen LogP contribution in [0.2, 0.25) is 0 Å². The van der Waals surface area contributed by atoms with E-state index in [4.69, 9.17) is 0 Å². The van der Waals surface area contributed by atoms with Gasteiger partial charge in [0.1, 0.15) is 0 Å². The third-order valence-electron chi connectivity index (χ3n) is 1.74. The van der Waals surface area contributed by atoms with Crippen LogP contribution in [0, 0.1) is 0 Å². The standard InChI is InChI=1S/C10H19N/c1-7(2)9(5)10(6)11-8(3)4/h8H,1-6H3. The normalized spacial score (nSPS) is 12.1. The first-order valence-electron chi connectivity index (χ1n) is 4.14. The molecule has 0 spiro atoms. The number of hydrogen-bond acceptors (Lipinski definition) is 1. The molecule has 0 fully saturated rings. The summed E-state index contributed by atoms with van der Waals surface area (Å²) in [4.78, 5) is 4.46. The van der Waals surface area contributed by atoms with E-state index >= 15 is 0 Å². The molecule has 0 aliphatic rings. The fraction of sp³-hybridized carbons (Fsp3) is 0.700. The summed E-state index contributed by atoms with van der Waals surface area (Å²) in [6.45, 7) is 12.6. The summed E-state index contributed by atoms with van der Waals surface area (Å²) < 4.78 is 0. The van der Waals surface area contributed by atoms with Crippen LogP contribution in [0.15, 0.2) is 16.1 Å². The molecule has 0 radical (unpaired) electrons. The molecule has 0 atom stereocenters. The van der Waals surface area contributed by atoms with Crippen molar-refractivity contribution in [2.45, 2.75) is 47.6 Å². The highest BCUT2D eigenvalue weighted by Crippen LogP contribution is 2.05. The Morgan fingerprint density at radius 2 is 1.45 bits per heavy atom. The summed E-state index contributed by atoms with van der Waals surface area (Å²) in [5.74, 6) is 0. The van der Waals surface area contributed by atoms with E-state index in [1.165, 1.54) is 16.9 Å². The van der Waals surface area contributed by atoms with Crippen molar-refractivity contribution >= 4 is 5.71 Å². The van der Waals surface area contributed by atoms with E-state index in [-0.39, 0.29) is 0 Å². The molecule has 0 N–H and O–H groups in total. The third kappa shape index (κ3) is 3.97. The third-order valence-corrected chi connectivity index (χ3v) is 1.74. The van der Waals surface area contributed by atoms with Crippen LogP contribution >= 0.6 is 0 Å². The Bertz CT molecular complexity index is 181. The number of aliphatic imine (C=N–C) groups is 1. The largest absolute Gasteiger partial charge is 0.287 e. The molecule has 0 aliphatic heterocycles. The predicted octanol–water partition coefficient (Wildman–Crippen LogP) is 3.21. The fourth-order valence-corrected chi connectivity index (χ4v) is 0.846. The Morgan fingerprint density at radius 3 is 1.73 bits per heavy atom. The Labute approximate surface area is 70.2 Å². The molecule has 0 saturated heterocycles. The lowest BCUT2D eigenvalue weighted by molar-refractivity contribution is 0.834. The highest BCUT2D eigenvalue weighted by Gasteiger charge is 1.97. The van der Waals surface area contributed by atoms with Gasteiger partial charge in [0.05, 0.1) is 0 Å². The average Bonchev–Trinajstić information content (AvgIpc) is 1.84. The van der Waals surface area contributed by atoms with Gasteiger partial charge in [-0.05, 0) is 47.1 Å². The van der Waals surface area contributed by atoms with Crippen molar-refractivity contribution in [2.24, 2.45) is 4.99 Å². The number of hydrogen-bond donors (Lipinski definition) is 0. The summed E-state index contributed by atoms with van der Waals surface area (Å²) in [6, 6.07) is 0.407. The zero-order chi connectivity index (χ0) is 9.02. The van der Waals surface area contributed by atoms with Crippen molar-refractivity contribution < 1.29 is 0 Å². The molecule has 0 aromatic heterocycles. The molecule has 64 valence electrons. The van der Waals surface area contributed by atoms with Gasteiger partial charge in [-0.1, -0.05) is 5.57 Å². The first-order chi connectivity index (χ1) is 4.95. The van der Waals surface area contributed by atoms with Gasteiger partial charge in [0, 0.05) is 11.8 Å². The fourth-order valence-electron chi connectivity index (χ4n) is 0.846. The van der Waals surface area contributed by atoms with Crippen LogP contribution in [0.4, 0.5) is 0 Å². The van der Waals surface area contributed by atoms with E-state index in [1.54, 1.807) is 0 Å². The maximum Gasteiger partial charge on any atom is 0.0446 e. The first kappa shape index (κ1) is 10.4. The smallest absolute Gasteiger partial charge is 0.0446 e. The maximum absolute atomic E-state index is 4.46. The maximum atomic E-state index is 4.46. The molecule has 0 bridgehead atoms. The first-order valence-corrected chi connectivity index (χ1v) is 4.14. The summed E-state index contributed by atoms with van der Waals surface area (Å²) in [6.07, 6.45) is 0. The van der Waals surface area contributed by atoms with E-state index in [0.717, 1.165) is 0 Å². The van der Waals surface area contributed by atoms with Gasteiger partial charge >= 0.3 is 0 Å². The average molecular weight is 153 g/mol. The zero-order valence-corrected chi connectivity index (χ0v) is 8.52. The van der Waals surface area contributed by atoms with Gasteiger partial charge in [0.25, 0.3) is 0 Å². The van der Waals surface area contributed by atoms with Crippen LogP contribution in [-0.2, 0) is 0 Å². The van der Waals surface area contributed by atoms with Crippen LogP contribution in [-0.4, -0.2) is 11.8 Å². The SMILES string of the molecule is CC(=NC(C)C)C(C)=C(C)C. The molecule has 0 saturated carbocycles. The summed E-state index contributed by atoms with van der Waals surface area (Å²) >= 11 is 0. The second-order valence-electron chi connectivity index (χ2n) is 3.43. The molecular weight excluding hydrogens is 134 g/mol. The second-order valence-corrected chi connectivity index (χ2v) is 3.43. The highest BCUT2D eigenvalue weighted by atomic mass is 14.8. The van der Waals surface area contributed by atoms with Gasteiger partial charge in [-0.2, -0.15) is 0 Å². The molecule has 0 aromatic rings. The molecule has 0 amide bonds. The van der Waals surface area contributed by atoms with Crippen molar-refractivity contribution in [2.75, 3.05) is 0 Å². The van der Waals surface area contributed by atoms with Gasteiger partial charge in [0.15, 0.2) is 0 Å². The number of nitrogens with zero attached hydrogens (tertiary/aromatic N) is 1. The van der Waals surface area contributed by atoms with Crippen LogP contribution in [0.5, 0.6) is 0 Å². The van der Waals surface area contributed by atoms with Crippen LogP contribution in [0.25, 0.3) is 0 Å². The molecule has 0 heterocycles. The molecule has 0 rings (SSSR count). The number of allylic oxidation sites excluding steroid dienone is 2. The highest BCUT2D eigenvalue weighted by molar-refractivity contribution is 5.98. The van der Waals surface area contributed by atoms with Crippen molar-refractivity contribution in [3.8, 4) is 0 Å². The Kier molecular flexibility index (Phi) is 4.09. The number of rotatable bonds is 2. The summed E-state index contributed by atoms with van der Waals surface area (Å²) in [5.41, 5.74) is 3.84. The lowest BCUT2D eigenvalue weighted by Crippen LogP contribution is -2.00. The van der Waals surface area contributed by atoms with E-state index in [0.29, 0.717) is 6.04 Å². The van der Waals surface area contributed by atoms with Crippen LogP contribution < -0.4 is 0 Å². The Hall–Kier alpha value is -0.590. The van der Waals surface area contributed by atoms with E-state index in [2.05, 4.69) is 46.5 Å². The van der Waals surface area contributed by atoms with Gasteiger partial charge in [-0.25, -0.2) is 0 Å². The molecular formula is C10H19N.